The van der Waals surface area contributed by atoms with Crippen molar-refractivity contribution in [3.05, 3.63) is 104 Å². The molecule has 220 valence electrons. The number of methoxy groups -OCH3 is 1. The highest BCUT2D eigenvalue weighted by Gasteiger charge is 2.29. The summed E-state index contributed by atoms with van der Waals surface area (Å²) in [5, 5.41) is 27.1. The molecule has 2 aromatic heterocycles. The minimum Gasteiger partial charge on any atom is -0.477 e. The van der Waals surface area contributed by atoms with Gasteiger partial charge in [-0.1, -0.05) is 25.6 Å². The number of nitrogens with one attached hydrogen (secondary N) is 1. The van der Waals surface area contributed by atoms with E-state index >= 15 is 0 Å². The number of rotatable bonds is 6. The second kappa shape index (κ2) is 13.0. The summed E-state index contributed by atoms with van der Waals surface area (Å²) >= 11 is 0. The molecule has 1 aliphatic carbocycles. The summed E-state index contributed by atoms with van der Waals surface area (Å²) in [4.78, 5) is 50.3. The average molecular weight is 581 g/mol. The molecule has 4 aromatic rings. The van der Waals surface area contributed by atoms with Crippen LogP contribution in [0.4, 0.5) is 10.1 Å². The van der Waals surface area contributed by atoms with E-state index in [1.807, 2.05) is 0 Å². The quantitative estimate of drug-likeness (QED) is 0.172. The largest absolute Gasteiger partial charge is 0.477 e. The first kappa shape index (κ1) is 31.3. The third-order valence-electron chi connectivity index (χ3n) is 6.51. The Kier molecular flexibility index (Phi) is 9.65. The van der Waals surface area contributed by atoms with Gasteiger partial charge in [-0.25, -0.2) is 23.5 Å². The van der Waals surface area contributed by atoms with Crippen LogP contribution in [-0.4, -0.2) is 49.6 Å². The molecule has 1 atom stereocenters. The highest BCUT2D eigenvalue weighted by atomic mass is 19.1. The number of nitro groups is 1. The number of aromatic carboxylic acids is 1. The number of ether oxygens (including phenoxy) is 1. The second-order valence-corrected chi connectivity index (χ2v) is 9.11. The predicted octanol–water partition coefficient (Wildman–Crippen LogP) is 3.77. The van der Waals surface area contributed by atoms with Gasteiger partial charge in [0.15, 0.2) is 5.69 Å². The number of hydrogen-bond donors (Lipinski definition) is 3. The van der Waals surface area contributed by atoms with Gasteiger partial charge in [0.25, 0.3) is 5.91 Å². The molecule has 0 fully saturated rings. The Bertz CT molecular complexity index is 1690. The lowest BCUT2D eigenvalue weighted by atomic mass is 10.0. The van der Waals surface area contributed by atoms with Gasteiger partial charge in [-0.15, -0.1) is 0 Å². The van der Waals surface area contributed by atoms with Gasteiger partial charge in [0.05, 0.1) is 23.6 Å². The lowest BCUT2D eigenvalue weighted by Crippen LogP contribution is -2.29. The molecule has 4 N–H and O–H groups in total. The van der Waals surface area contributed by atoms with E-state index in [1.165, 1.54) is 13.2 Å². The van der Waals surface area contributed by atoms with Crippen LogP contribution < -0.4 is 11.1 Å². The molecular formula is C28H29FN6O7. The fourth-order valence-corrected chi connectivity index (χ4v) is 4.43. The predicted molar refractivity (Wildman–Crippen MR) is 149 cm³/mol. The van der Waals surface area contributed by atoms with Crippen molar-refractivity contribution in [2.24, 2.45) is 5.73 Å². The Balaban J connectivity index is 0.000000374. The highest BCUT2D eigenvalue weighted by molar-refractivity contribution is 5.97. The molecular weight excluding hydrogens is 551 g/mol. The van der Waals surface area contributed by atoms with Crippen LogP contribution in [0.15, 0.2) is 48.7 Å². The van der Waals surface area contributed by atoms with Crippen molar-refractivity contribution < 1.29 is 33.5 Å². The first-order valence-corrected chi connectivity index (χ1v) is 12.3. The van der Waals surface area contributed by atoms with Gasteiger partial charge in [0.1, 0.15) is 17.7 Å². The van der Waals surface area contributed by atoms with Crippen LogP contribution in [-0.2, 0) is 17.7 Å². The zero-order chi connectivity index (χ0) is 29.8. The number of carbonyl (C=O) groups excluding carboxylic acids is 2. The van der Waals surface area contributed by atoms with E-state index in [2.05, 4.69) is 15.4 Å². The molecule has 0 bridgehead atoms. The number of benzene rings is 2. The monoisotopic (exact) mass is 580 g/mol. The van der Waals surface area contributed by atoms with Crippen LogP contribution in [0.25, 0.3) is 5.65 Å². The molecule has 5 rings (SSSR count). The summed E-state index contributed by atoms with van der Waals surface area (Å²) in [5.41, 5.74) is 7.50. The number of halogens is 1. The summed E-state index contributed by atoms with van der Waals surface area (Å²) < 4.78 is 18.3. The maximum atomic E-state index is 13.0. The molecule has 1 amide bonds. The normalized spacial score (nSPS) is 13.3. The molecule has 0 radical (unpaired) electrons. The molecule has 0 unspecified atom stereocenters. The third-order valence-corrected chi connectivity index (χ3v) is 6.51. The van der Waals surface area contributed by atoms with Crippen molar-refractivity contribution >= 4 is 29.2 Å². The Morgan fingerprint density at radius 2 is 1.98 bits per heavy atom. The summed E-state index contributed by atoms with van der Waals surface area (Å²) in [6.07, 6.45) is 2.08. The number of nitrogens with zero attached hydrogens (tertiary/aromatic N) is 4. The lowest BCUT2D eigenvalue weighted by molar-refractivity contribution is -0.383. The van der Waals surface area contributed by atoms with Crippen molar-refractivity contribution in [1.82, 2.24) is 19.9 Å². The number of aryl methyl sites for hydroxylation is 2. The molecule has 2 heterocycles. The van der Waals surface area contributed by atoms with E-state index in [9.17, 15) is 34.0 Å². The number of hydrogen-bond acceptors (Lipinski definition) is 9. The van der Waals surface area contributed by atoms with Gasteiger partial charge < -0.3 is 20.9 Å². The van der Waals surface area contributed by atoms with Crippen molar-refractivity contribution in [1.29, 1.82) is 0 Å². The number of carboxylic acid groups (broad SMARTS) is 1. The summed E-state index contributed by atoms with van der Waals surface area (Å²) in [6, 6.07) is 10.5. The van der Waals surface area contributed by atoms with Crippen LogP contribution >= 0.6 is 0 Å². The maximum Gasteiger partial charge on any atom is 0.354 e. The van der Waals surface area contributed by atoms with E-state index in [4.69, 9.17) is 10.5 Å². The van der Waals surface area contributed by atoms with Gasteiger partial charge in [-0.3, -0.25) is 14.9 Å². The number of fused-ring (bicyclic) bond motifs is 2. The fraction of sp³-hybridized carbons (Fsp3) is 0.250. The van der Waals surface area contributed by atoms with Crippen LogP contribution in [0.1, 0.15) is 73.5 Å². The molecule has 2 aromatic carbocycles. The molecule has 1 aliphatic rings. The maximum absolute atomic E-state index is 13.0. The zero-order valence-electron chi connectivity index (χ0n) is 22.0. The Hall–Kier alpha value is -5.24. The molecule has 0 aliphatic heterocycles. The molecule has 42 heavy (non-hydrogen) atoms. The average Bonchev–Trinajstić information content (AvgIpc) is 3.57. The second-order valence-electron chi connectivity index (χ2n) is 9.11. The smallest absolute Gasteiger partial charge is 0.354 e. The van der Waals surface area contributed by atoms with Crippen LogP contribution in [0.5, 0.6) is 0 Å². The van der Waals surface area contributed by atoms with Crippen molar-refractivity contribution in [2.45, 2.75) is 39.8 Å². The summed E-state index contributed by atoms with van der Waals surface area (Å²) in [5.74, 6) is -2.73. The number of aromatic nitrogens is 3. The Morgan fingerprint density at radius 3 is 2.60 bits per heavy atom. The number of esters is 1. The number of amides is 1. The van der Waals surface area contributed by atoms with Gasteiger partial charge in [0.2, 0.25) is 5.65 Å². The topological polar surface area (TPSA) is 192 Å². The van der Waals surface area contributed by atoms with E-state index in [1.54, 1.807) is 37.3 Å². The van der Waals surface area contributed by atoms with Gasteiger partial charge in [0, 0.05) is 12.6 Å². The molecule has 13 nitrogen and oxygen atoms in total. The highest BCUT2D eigenvalue weighted by Crippen LogP contribution is 2.32. The van der Waals surface area contributed by atoms with Crippen molar-refractivity contribution in [3.63, 3.8) is 0 Å². The molecule has 0 spiro atoms. The van der Waals surface area contributed by atoms with E-state index in [0.717, 1.165) is 33.5 Å². The van der Waals surface area contributed by atoms with Gasteiger partial charge >= 0.3 is 17.6 Å². The third kappa shape index (κ3) is 6.39. The molecule has 0 saturated carbocycles. The number of carbonyl (C=O) groups is 3. The van der Waals surface area contributed by atoms with E-state index in [-0.39, 0.29) is 24.6 Å². The number of carboxylic acids is 1. The summed E-state index contributed by atoms with van der Waals surface area (Å²) in [6.45, 7) is 2.20. The summed E-state index contributed by atoms with van der Waals surface area (Å²) in [7, 11) is 1.29. The fourth-order valence-electron chi connectivity index (χ4n) is 4.43. The first-order chi connectivity index (χ1) is 19.5. The minimum absolute atomic E-state index is 0. The zero-order valence-corrected chi connectivity index (χ0v) is 22.0. The van der Waals surface area contributed by atoms with Crippen LogP contribution in [0, 0.1) is 22.9 Å². The molecule has 14 heteroatoms. The van der Waals surface area contributed by atoms with Crippen molar-refractivity contribution in [3.8, 4) is 0 Å². The minimum atomic E-state index is -1.44. The van der Waals surface area contributed by atoms with Gasteiger partial charge in [-0.05, 0) is 60.2 Å². The SMILES string of the molecule is C.COC(=O)c1ccc2c(c1)CC[C@@H]2NC(=O)c1cc(C(=O)O)nc2c([N+](=O)[O-])cnn12.Cc1cc(CN)ccc1F. The lowest BCUT2D eigenvalue weighted by Gasteiger charge is -2.15. The first-order valence-electron chi connectivity index (χ1n) is 12.3. The Labute approximate surface area is 239 Å². The Morgan fingerprint density at radius 1 is 1.24 bits per heavy atom. The molecule has 0 saturated heterocycles. The standard InChI is InChI=1S/C19H15N5O7.C8H10FN.CH4/c1-31-19(28)10-2-4-11-9(6-10)3-5-12(11)22-17(25)14-7-13(18(26)27)21-16-15(24(29)30)8-20-23(14)16;1-6-4-7(5-10)2-3-8(6)9;/h2,4,6-8,12H,3,5H2,1H3,(H,22,25)(H,26,27);2-4H,5,10H2,1H3;1H4/t12-;;/m0../s1. The van der Waals surface area contributed by atoms with Crippen LogP contribution in [0.3, 0.4) is 0 Å². The van der Waals surface area contributed by atoms with E-state index in [0.29, 0.717) is 30.5 Å². The van der Waals surface area contributed by atoms with Crippen molar-refractivity contribution in [2.75, 3.05) is 7.11 Å². The number of nitrogens with two attached hydrogens (primary N) is 1. The van der Waals surface area contributed by atoms with Gasteiger partial charge in [-0.2, -0.15) is 5.10 Å². The van der Waals surface area contributed by atoms with E-state index < -0.39 is 40.2 Å². The van der Waals surface area contributed by atoms with Crippen LogP contribution in [0.2, 0.25) is 0 Å².